The molecule has 0 saturated carbocycles. The Balaban J connectivity index is 2.30. The van der Waals surface area contributed by atoms with Gasteiger partial charge in [-0.3, -0.25) is 9.59 Å². The maximum absolute atomic E-state index is 11.9. The van der Waals surface area contributed by atoms with E-state index in [9.17, 15) is 9.59 Å². The van der Waals surface area contributed by atoms with Crippen LogP contribution in [0.15, 0.2) is 16.9 Å². The Hall–Kier alpha value is -1.58. The number of unbranched alkanes of at least 4 members (excludes halogenated alkanes) is 5. The maximum Gasteiger partial charge on any atom is 0.239 e. The normalized spacial score (nSPS) is 10.6. The van der Waals surface area contributed by atoms with Crippen molar-refractivity contribution in [2.24, 2.45) is 0 Å². The molecule has 0 fully saturated rings. The highest BCUT2D eigenvalue weighted by Crippen LogP contribution is 2.04. The second-order valence-electron chi connectivity index (χ2n) is 5.68. The Morgan fingerprint density at radius 2 is 1.62 bits per heavy atom. The first-order valence-corrected chi connectivity index (χ1v) is 7.99. The lowest BCUT2D eigenvalue weighted by Crippen LogP contribution is -2.30. The summed E-state index contributed by atoms with van der Waals surface area (Å²) in [7, 11) is 0. The van der Waals surface area contributed by atoms with E-state index in [1.165, 1.54) is 32.1 Å². The molecule has 1 aromatic rings. The maximum atomic E-state index is 11.9. The molecule has 1 aromatic heterocycles. The molecule has 1 N–H and O–H groups in total. The lowest BCUT2D eigenvalue weighted by molar-refractivity contribution is -0.121. The van der Waals surface area contributed by atoms with Crippen LogP contribution < -0.4 is 10.7 Å². The Labute approximate surface area is 127 Å². The van der Waals surface area contributed by atoms with E-state index in [1.807, 2.05) is 18.4 Å². The second kappa shape index (κ2) is 9.37. The highest BCUT2D eigenvalue weighted by Gasteiger charge is 2.06. The molecule has 1 heterocycles. The van der Waals surface area contributed by atoms with Gasteiger partial charge in [0.05, 0.1) is 0 Å². The van der Waals surface area contributed by atoms with Gasteiger partial charge in [0.15, 0.2) is 5.43 Å². The van der Waals surface area contributed by atoms with Crippen LogP contribution in [-0.2, 0) is 11.3 Å². The van der Waals surface area contributed by atoms with Gasteiger partial charge in [0, 0.05) is 30.1 Å². The van der Waals surface area contributed by atoms with Crippen LogP contribution in [0.3, 0.4) is 0 Å². The fraction of sp³-hybridized carbons (Fsp3) is 0.647. The van der Waals surface area contributed by atoms with Gasteiger partial charge in [-0.1, -0.05) is 39.0 Å². The number of rotatable bonds is 9. The first-order chi connectivity index (χ1) is 10.0. The van der Waals surface area contributed by atoms with Crippen LogP contribution in [0, 0.1) is 13.8 Å². The highest BCUT2D eigenvalue weighted by atomic mass is 16.2. The Morgan fingerprint density at radius 1 is 1.05 bits per heavy atom. The van der Waals surface area contributed by atoms with Crippen molar-refractivity contribution in [3.63, 3.8) is 0 Å². The number of carbonyl (C=O) groups excluding carboxylic acids is 1. The van der Waals surface area contributed by atoms with Gasteiger partial charge in [0.2, 0.25) is 5.91 Å². The van der Waals surface area contributed by atoms with E-state index in [0.717, 1.165) is 24.4 Å². The van der Waals surface area contributed by atoms with E-state index in [4.69, 9.17) is 0 Å². The number of pyridine rings is 1. The summed E-state index contributed by atoms with van der Waals surface area (Å²) < 4.78 is 1.87. The first-order valence-electron chi connectivity index (χ1n) is 7.99. The number of hydrogen-bond donors (Lipinski definition) is 1. The smallest absolute Gasteiger partial charge is 0.239 e. The van der Waals surface area contributed by atoms with Gasteiger partial charge in [-0.15, -0.1) is 0 Å². The largest absolute Gasteiger partial charge is 0.355 e. The monoisotopic (exact) mass is 292 g/mol. The minimum atomic E-state index is -0.00580. The van der Waals surface area contributed by atoms with Crippen molar-refractivity contribution in [3.8, 4) is 0 Å². The van der Waals surface area contributed by atoms with Crippen molar-refractivity contribution in [1.29, 1.82) is 0 Å². The minimum Gasteiger partial charge on any atom is -0.355 e. The van der Waals surface area contributed by atoms with Gasteiger partial charge in [0.25, 0.3) is 0 Å². The molecule has 21 heavy (non-hydrogen) atoms. The molecule has 1 rings (SSSR count). The standard InChI is InChI=1S/C17H28N2O2/c1-4-5-6-7-8-9-10-18-17(21)13-19-14(2)11-16(20)12-15(19)3/h11-12H,4-10,13H2,1-3H3,(H,18,21). The van der Waals surface area contributed by atoms with Crippen molar-refractivity contribution in [1.82, 2.24) is 9.88 Å². The molecule has 4 heteroatoms. The van der Waals surface area contributed by atoms with Crippen molar-refractivity contribution in [3.05, 3.63) is 33.7 Å². The molecular weight excluding hydrogens is 264 g/mol. The fourth-order valence-electron chi connectivity index (χ4n) is 2.47. The minimum absolute atomic E-state index is 0.00580. The number of nitrogens with one attached hydrogen (secondary N) is 1. The van der Waals surface area contributed by atoms with Crippen LogP contribution in [0.1, 0.15) is 56.8 Å². The van der Waals surface area contributed by atoms with Gasteiger partial charge < -0.3 is 9.88 Å². The van der Waals surface area contributed by atoms with Crippen LogP contribution in [0.5, 0.6) is 0 Å². The third kappa shape index (κ3) is 6.61. The van der Waals surface area contributed by atoms with Gasteiger partial charge >= 0.3 is 0 Å². The van der Waals surface area contributed by atoms with E-state index >= 15 is 0 Å². The predicted octanol–water partition coefficient (Wildman–Crippen LogP) is 2.94. The van der Waals surface area contributed by atoms with E-state index < -0.39 is 0 Å². The summed E-state index contributed by atoms with van der Waals surface area (Å²) in [6, 6.07) is 3.13. The second-order valence-corrected chi connectivity index (χ2v) is 5.68. The molecule has 0 atom stereocenters. The van der Waals surface area contributed by atoms with Crippen LogP contribution >= 0.6 is 0 Å². The number of aryl methyl sites for hydroxylation is 2. The summed E-state index contributed by atoms with van der Waals surface area (Å²) >= 11 is 0. The summed E-state index contributed by atoms with van der Waals surface area (Å²) in [5.41, 5.74) is 1.65. The zero-order chi connectivity index (χ0) is 15.7. The van der Waals surface area contributed by atoms with Crippen molar-refractivity contribution in [2.45, 2.75) is 65.8 Å². The quantitative estimate of drug-likeness (QED) is 0.711. The number of aromatic nitrogens is 1. The molecule has 0 radical (unpaired) electrons. The molecule has 0 bridgehead atoms. The Morgan fingerprint density at radius 3 is 2.24 bits per heavy atom. The van der Waals surface area contributed by atoms with E-state index in [1.54, 1.807) is 12.1 Å². The summed E-state index contributed by atoms with van der Waals surface area (Å²) in [5, 5.41) is 2.95. The molecule has 0 saturated heterocycles. The van der Waals surface area contributed by atoms with Gasteiger partial charge in [-0.25, -0.2) is 0 Å². The number of carbonyl (C=O) groups is 1. The topological polar surface area (TPSA) is 51.1 Å². The molecule has 0 aliphatic carbocycles. The van der Waals surface area contributed by atoms with Gasteiger partial charge in [0.1, 0.15) is 6.54 Å². The van der Waals surface area contributed by atoms with Crippen molar-refractivity contribution < 1.29 is 4.79 Å². The highest BCUT2D eigenvalue weighted by molar-refractivity contribution is 5.75. The first kappa shape index (κ1) is 17.5. The Bertz CT molecular complexity index is 480. The number of amides is 1. The number of nitrogens with zero attached hydrogens (tertiary/aromatic N) is 1. The molecule has 0 aliphatic heterocycles. The van der Waals surface area contributed by atoms with E-state index in [-0.39, 0.29) is 17.9 Å². The fourth-order valence-corrected chi connectivity index (χ4v) is 2.47. The van der Waals surface area contributed by atoms with E-state index in [0.29, 0.717) is 0 Å². The van der Waals surface area contributed by atoms with Crippen LogP contribution in [0.4, 0.5) is 0 Å². The summed E-state index contributed by atoms with van der Waals surface area (Å²) in [6.07, 6.45) is 7.32. The average molecular weight is 292 g/mol. The van der Waals surface area contributed by atoms with Crippen LogP contribution in [-0.4, -0.2) is 17.0 Å². The van der Waals surface area contributed by atoms with Crippen LogP contribution in [0.25, 0.3) is 0 Å². The predicted molar refractivity (Wildman–Crippen MR) is 86.6 cm³/mol. The summed E-state index contributed by atoms with van der Waals surface area (Å²) in [5.74, 6) is 0.0124. The molecule has 0 aliphatic rings. The SMILES string of the molecule is CCCCCCCCNC(=O)Cn1c(C)cc(=O)cc1C. The lowest BCUT2D eigenvalue weighted by atomic mass is 10.1. The zero-order valence-electron chi connectivity index (χ0n) is 13.6. The molecule has 4 nitrogen and oxygen atoms in total. The third-order valence-electron chi connectivity index (χ3n) is 3.71. The van der Waals surface area contributed by atoms with E-state index in [2.05, 4.69) is 12.2 Å². The zero-order valence-corrected chi connectivity index (χ0v) is 13.6. The van der Waals surface area contributed by atoms with Gasteiger partial charge in [-0.2, -0.15) is 0 Å². The molecule has 1 amide bonds. The molecule has 0 aromatic carbocycles. The average Bonchev–Trinajstić information content (AvgIpc) is 2.42. The summed E-state index contributed by atoms with van der Waals surface area (Å²) in [4.78, 5) is 23.3. The lowest BCUT2D eigenvalue weighted by Gasteiger charge is -2.14. The van der Waals surface area contributed by atoms with Crippen molar-refractivity contribution in [2.75, 3.05) is 6.54 Å². The number of hydrogen-bond acceptors (Lipinski definition) is 2. The third-order valence-corrected chi connectivity index (χ3v) is 3.71. The van der Waals surface area contributed by atoms with Crippen LogP contribution in [0.2, 0.25) is 0 Å². The Kier molecular flexibility index (Phi) is 7.80. The van der Waals surface area contributed by atoms with Gasteiger partial charge in [-0.05, 0) is 20.3 Å². The summed E-state index contributed by atoms with van der Waals surface area (Å²) in [6.45, 7) is 6.95. The molecule has 0 unspecified atom stereocenters. The molecule has 118 valence electrons. The molecular formula is C17H28N2O2. The molecule has 0 spiro atoms. The van der Waals surface area contributed by atoms with Crippen molar-refractivity contribution >= 4 is 5.91 Å².